The maximum Gasteiger partial charge on any atom is 0.344 e. The molecule has 1 aliphatic rings. The van der Waals surface area contributed by atoms with Gasteiger partial charge >= 0.3 is 11.9 Å². The lowest BCUT2D eigenvalue weighted by atomic mass is 9.98. The number of esters is 2. The number of ether oxygens (including phenoxy) is 5. The zero-order valence-electron chi connectivity index (χ0n) is 23.5. The van der Waals surface area contributed by atoms with Crippen molar-refractivity contribution in [3.05, 3.63) is 48.0 Å². The van der Waals surface area contributed by atoms with Crippen LogP contribution in [0.3, 0.4) is 0 Å². The van der Waals surface area contributed by atoms with E-state index in [0.29, 0.717) is 24.3 Å². The molecule has 238 valence electrons. The number of aryl methyl sites for hydroxylation is 2. The topological polar surface area (TPSA) is 197 Å². The van der Waals surface area contributed by atoms with E-state index in [1.54, 1.807) is 33.7 Å². The third-order valence-corrected chi connectivity index (χ3v) is 7.68. The van der Waals surface area contributed by atoms with Gasteiger partial charge in [0.05, 0.1) is 51.1 Å². The van der Waals surface area contributed by atoms with Crippen molar-refractivity contribution in [1.29, 1.82) is 0 Å². The van der Waals surface area contributed by atoms with Gasteiger partial charge in [0.25, 0.3) is 20.2 Å². The largest absolute Gasteiger partial charge is 0.459 e. The van der Waals surface area contributed by atoms with Gasteiger partial charge in [-0.1, -0.05) is 0 Å². The third kappa shape index (κ3) is 12.6. The first-order valence-electron chi connectivity index (χ1n) is 13.5. The highest BCUT2D eigenvalue weighted by molar-refractivity contribution is 7.86. The van der Waals surface area contributed by atoms with Gasteiger partial charge in [-0.2, -0.15) is 16.8 Å². The van der Waals surface area contributed by atoms with Gasteiger partial charge in [0.2, 0.25) is 0 Å². The first-order valence-corrected chi connectivity index (χ1v) is 16.7. The minimum absolute atomic E-state index is 0.0668. The summed E-state index contributed by atoms with van der Waals surface area (Å²) in [6.45, 7) is 1.53. The average molecular weight is 649 g/mol. The Hall–Kier alpha value is -3.06. The van der Waals surface area contributed by atoms with Crippen molar-refractivity contribution >= 4 is 32.2 Å². The third-order valence-electron chi connectivity index (χ3n) is 6.07. The van der Waals surface area contributed by atoms with Gasteiger partial charge in [-0.05, 0) is 0 Å². The molecular weight excluding hydrogens is 612 g/mol. The van der Waals surface area contributed by atoms with Crippen molar-refractivity contribution in [3.63, 3.8) is 0 Å². The van der Waals surface area contributed by atoms with Crippen LogP contribution in [0.4, 0.5) is 0 Å². The Kier molecular flexibility index (Phi) is 13.4. The summed E-state index contributed by atoms with van der Waals surface area (Å²) in [5.41, 5.74) is 0.766. The molecule has 0 aliphatic carbocycles. The van der Waals surface area contributed by atoms with E-state index in [0.717, 1.165) is 0 Å². The van der Waals surface area contributed by atoms with Crippen molar-refractivity contribution in [3.8, 4) is 11.1 Å². The molecule has 0 bridgehead atoms. The van der Waals surface area contributed by atoms with Crippen LogP contribution in [0.15, 0.2) is 36.9 Å². The Labute approximate surface area is 249 Å². The van der Waals surface area contributed by atoms with Crippen molar-refractivity contribution in [2.24, 2.45) is 0 Å². The zero-order valence-corrected chi connectivity index (χ0v) is 25.1. The maximum atomic E-state index is 13.3. The van der Waals surface area contributed by atoms with E-state index in [-0.39, 0.29) is 76.7 Å². The van der Waals surface area contributed by atoms with Crippen molar-refractivity contribution < 1.29 is 68.3 Å². The van der Waals surface area contributed by atoms with Crippen LogP contribution in [0.5, 0.6) is 0 Å². The molecule has 0 atom stereocenters. The van der Waals surface area contributed by atoms with Crippen LogP contribution in [0, 0.1) is 0 Å². The summed E-state index contributed by atoms with van der Waals surface area (Å²) in [7, 11) is -8.34. The molecule has 0 spiro atoms. The molecule has 2 N–H and O–H groups in total. The second-order valence-electron chi connectivity index (χ2n) is 9.41. The van der Waals surface area contributed by atoms with E-state index in [1.807, 2.05) is 0 Å². The van der Waals surface area contributed by atoms with Crippen LogP contribution in [-0.2, 0) is 57.0 Å². The van der Waals surface area contributed by atoms with Crippen LogP contribution in [0.25, 0.3) is 11.1 Å². The highest BCUT2D eigenvalue weighted by atomic mass is 32.2. The van der Waals surface area contributed by atoms with Gasteiger partial charge in [0.1, 0.15) is 37.4 Å². The second-order valence-corrected chi connectivity index (χ2v) is 12.6. The van der Waals surface area contributed by atoms with Gasteiger partial charge in [-0.25, -0.2) is 18.7 Å². The van der Waals surface area contributed by atoms with Gasteiger partial charge < -0.3 is 23.7 Å². The van der Waals surface area contributed by atoms with Crippen molar-refractivity contribution in [2.45, 2.75) is 25.9 Å². The fraction of sp³-hybridized carbons (Fsp3) is 0.538. The Morgan fingerprint density at radius 2 is 0.930 bits per heavy atom. The molecule has 0 fully saturated rings. The van der Waals surface area contributed by atoms with Crippen molar-refractivity contribution in [2.75, 3.05) is 64.4 Å². The number of carbonyl (C=O) groups excluding carboxylic acids is 2. The maximum absolute atomic E-state index is 13.3. The minimum atomic E-state index is -4.17. The molecule has 0 amide bonds. The minimum Gasteiger partial charge on any atom is -0.459 e. The number of pyridine rings is 2. The Morgan fingerprint density at radius 3 is 1.28 bits per heavy atom. The molecule has 17 heteroatoms. The fourth-order valence-electron chi connectivity index (χ4n) is 4.09. The molecule has 3 rings (SSSR count). The molecule has 0 saturated heterocycles. The Balaban J connectivity index is 1.99. The summed E-state index contributed by atoms with van der Waals surface area (Å²) < 4.78 is 92.9. The Morgan fingerprint density at radius 1 is 0.581 bits per heavy atom. The normalized spacial score (nSPS) is 16.5. The van der Waals surface area contributed by atoms with E-state index in [2.05, 4.69) is 0 Å². The lowest BCUT2D eigenvalue weighted by Crippen LogP contribution is -2.36. The van der Waals surface area contributed by atoms with Gasteiger partial charge in [0.15, 0.2) is 24.8 Å². The zero-order chi connectivity index (χ0) is 31.3. The SMILES string of the molecule is O=C1OCCOCCOCCOCCOC(=O)c2c[n+](CCCS(=O)(=O)O)ccc2-c2cc[n+](CCCS(=O)(=O)O)cc21. The number of nitrogens with zero attached hydrogens (tertiary/aromatic N) is 2. The number of rotatable bonds is 8. The van der Waals surface area contributed by atoms with Gasteiger partial charge in [0, 0.05) is 36.1 Å². The fourth-order valence-corrected chi connectivity index (χ4v) is 5.08. The van der Waals surface area contributed by atoms with Crippen LogP contribution in [0.1, 0.15) is 33.6 Å². The van der Waals surface area contributed by atoms with Crippen LogP contribution < -0.4 is 9.13 Å². The number of hydrogen-bond acceptors (Lipinski definition) is 11. The summed E-state index contributed by atoms with van der Waals surface area (Å²) in [6.07, 6.45) is 6.23. The number of cyclic esters (lactones) is 2. The highest BCUT2D eigenvalue weighted by Crippen LogP contribution is 2.27. The summed E-state index contributed by atoms with van der Waals surface area (Å²) in [4.78, 5) is 26.5. The molecule has 0 aromatic carbocycles. The highest BCUT2D eigenvalue weighted by Gasteiger charge is 2.26. The molecule has 2 aromatic rings. The molecule has 15 nitrogen and oxygen atoms in total. The van der Waals surface area contributed by atoms with Gasteiger partial charge in [-0.15, -0.1) is 0 Å². The summed E-state index contributed by atoms with van der Waals surface area (Å²) in [5.74, 6) is -2.40. The van der Waals surface area contributed by atoms with E-state index in [4.69, 9.17) is 32.8 Å². The quantitative estimate of drug-likeness (QED) is 0.218. The lowest BCUT2D eigenvalue weighted by molar-refractivity contribution is -0.697. The first-order chi connectivity index (χ1) is 20.4. The molecule has 0 unspecified atom stereocenters. The lowest BCUT2D eigenvalue weighted by Gasteiger charge is -2.12. The number of aromatic nitrogens is 2. The Bertz CT molecular complexity index is 1350. The summed E-state index contributed by atoms with van der Waals surface area (Å²) >= 11 is 0. The molecular formula is C26H36N2O13S2+2. The average Bonchev–Trinajstić information content (AvgIpc) is 2.93. The number of carbonyl (C=O) groups is 2. The molecule has 2 aromatic heterocycles. The molecule has 43 heavy (non-hydrogen) atoms. The number of fused-ring (bicyclic) bond motifs is 3. The van der Waals surface area contributed by atoms with Crippen LogP contribution in [-0.4, -0.2) is 102 Å². The monoisotopic (exact) mass is 648 g/mol. The number of hydrogen-bond donors (Lipinski definition) is 2. The van der Waals surface area contributed by atoms with Crippen LogP contribution in [0.2, 0.25) is 0 Å². The molecule has 0 radical (unpaired) electrons. The second kappa shape index (κ2) is 16.7. The predicted molar refractivity (Wildman–Crippen MR) is 147 cm³/mol. The van der Waals surface area contributed by atoms with Crippen molar-refractivity contribution in [1.82, 2.24) is 0 Å². The van der Waals surface area contributed by atoms with E-state index >= 15 is 0 Å². The smallest absolute Gasteiger partial charge is 0.344 e. The van der Waals surface area contributed by atoms with Crippen LogP contribution >= 0.6 is 0 Å². The van der Waals surface area contributed by atoms with E-state index < -0.39 is 43.7 Å². The molecule has 1 aliphatic heterocycles. The summed E-state index contributed by atoms with van der Waals surface area (Å²) in [6, 6.07) is 3.14. The molecule has 3 heterocycles. The van der Waals surface area contributed by atoms with Gasteiger partial charge in [-0.3, -0.25) is 9.11 Å². The van der Waals surface area contributed by atoms with E-state index in [9.17, 15) is 26.4 Å². The predicted octanol–water partition coefficient (Wildman–Crippen LogP) is -0.139. The standard InChI is InChI=1S/C26H34N2O13S2/c29-25-23-19-27(5-1-17-42(31,32)33)7-3-21(23)22-4-8-28(6-2-18-43(34,35)36)20-24(22)26(30)41-16-14-39-12-10-37-9-11-38-13-15-40-25/h3-4,7-8,19-20H,1-2,5-6,9-18H2/p+2. The van der Waals surface area contributed by atoms with E-state index in [1.165, 1.54) is 12.4 Å². The first kappa shape index (κ1) is 34.4. The summed E-state index contributed by atoms with van der Waals surface area (Å²) in [5, 5.41) is 0. The molecule has 0 saturated carbocycles.